The van der Waals surface area contributed by atoms with Gasteiger partial charge in [-0.3, -0.25) is 0 Å². The van der Waals surface area contributed by atoms with Crippen molar-refractivity contribution >= 4 is 5.82 Å². The first-order chi connectivity index (χ1) is 17.2. The number of anilines is 1. The smallest absolute Gasteiger partial charge is 0.257 e. The maximum Gasteiger partial charge on any atom is 0.257 e. The van der Waals surface area contributed by atoms with Crippen molar-refractivity contribution in [1.29, 1.82) is 0 Å². The van der Waals surface area contributed by atoms with E-state index >= 15 is 4.39 Å². The number of phenols is 1. The number of nitrogens with one attached hydrogen (secondary N) is 1. The molecular weight excluding hydrogens is 463 g/mol. The zero-order chi connectivity index (χ0) is 25.1. The summed E-state index contributed by atoms with van der Waals surface area (Å²) in [5, 5.41) is 22.8. The molecule has 6 rings (SSSR count). The van der Waals surface area contributed by atoms with Gasteiger partial charge in [0.2, 0.25) is 0 Å². The molecule has 188 valence electrons. The lowest BCUT2D eigenvalue weighted by atomic mass is 9.82. The van der Waals surface area contributed by atoms with E-state index in [9.17, 15) is 5.11 Å². The van der Waals surface area contributed by atoms with Gasteiger partial charge in [0.05, 0.1) is 17.8 Å². The van der Waals surface area contributed by atoms with Crippen LogP contribution in [0.5, 0.6) is 17.4 Å². The average molecular weight is 493 g/mol. The molecule has 0 amide bonds. The van der Waals surface area contributed by atoms with E-state index in [1.165, 1.54) is 0 Å². The summed E-state index contributed by atoms with van der Waals surface area (Å²) in [5.74, 6) is 1.85. The van der Waals surface area contributed by atoms with Crippen LogP contribution in [0, 0.1) is 0 Å². The lowest BCUT2D eigenvalue weighted by Gasteiger charge is -2.47. The number of pyridine rings is 1. The molecule has 2 saturated heterocycles. The van der Waals surface area contributed by atoms with Crippen molar-refractivity contribution in [3.8, 4) is 39.9 Å². The summed E-state index contributed by atoms with van der Waals surface area (Å²) in [6.45, 7) is 5.07. The molecule has 3 aliphatic rings. The molecule has 2 N–H and O–H groups in total. The van der Waals surface area contributed by atoms with Gasteiger partial charge in [-0.15, -0.1) is 10.2 Å². The minimum absolute atomic E-state index is 0.0184. The Morgan fingerprint density at radius 1 is 1.06 bits per heavy atom. The molecule has 0 radical (unpaired) electrons. The number of hydrogen-bond donors (Lipinski definition) is 2. The number of phenolic OH excluding ortho intramolecular Hbond substituents is 1. The highest BCUT2D eigenvalue weighted by atomic mass is 19.1. The molecule has 3 aliphatic heterocycles. The van der Waals surface area contributed by atoms with Gasteiger partial charge in [-0.05, 0) is 56.9 Å². The summed E-state index contributed by atoms with van der Waals surface area (Å²) in [4.78, 5) is 10.6. The fourth-order valence-corrected chi connectivity index (χ4v) is 5.75. The van der Waals surface area contributed by atoms with Crippen molar-refractivity contribution in [2.24, 2.45) is 0 Å². The maximum absolute atomic E-state index is 15.5. The maximum atomic E-state index is 15.5. The summed E-state index contributed by atoms with van der Waals surface area (Å²) in [5.41, 5.74) is 1.39. The summed E-state index contributed by atoms with van der Waals surface area (Å²) in [7, 11) is 1.84. The number of nitrogens with zero attached hydrogens (tertiary/aromatic N) is 5. The van der Waals surface area contributed by atoms with Gasteiger partial charge < -0.3 is 24.8 Å². The number of aromatic nitrogens is 4. The topological polar surface area (TPSA) is 106 Å². The van der Waals surface area contributed by atoms with Crippen molar-refractivity contribution in [2.75, 3.05) is 25.2 Å². The standard InChI is InChI=1S/C26H29FN6O3/c1-25-6-7-26(2,32-25)22(27)18(12-25)33(3)21-14-28-23(31-30-21)17-5-4-15(10-19(17)34)16-11-20-24(29-13-16)36-9-8-35-20/h4-5,10-11,13-14,18,22,32,34H,6-9,12H2,1-3H3/t18-,22-,25-,26+/m0/s1. The highest BCUT2D eigenvalue weighted by Gasteiger charge is 2.56. The lowest BCUT2D eigenvalue weighted by Crippen LogP contribution is -2.65. The first kappa shape index (κ1) is 22.9. The van der Waals surface area contributed by atoms with Crippen molar-refractivity contribution in [3.63, 3.8) is 0 Å². The van der Waals surface area contributed by atoms with Gasteiger partial charge in [0.25, 0.3) is 5.88 Å². The number of fused-ring (bicyclic) bond motifs is 3. The van der Waals surface area contributed by atoms with Crippen LogP contribution < -0.4 is 19.7 Å². The summed E-state index contributed by atoms with van der Waals surface area (Å²) >= 11 is 0. The molecular formula is C26H29FN6O3. The SMILES string of the molecule is CN(c1cnc(-c2ccc(-c3cnc4c(c3)OCCO4)cc2O)nn1)[C@H]1C[C@]2(C)CC[C@@](C)(N2)[C@H]1F. The second-order valence-electron chi connectivity index (χ2n) is 10.5. The highest BCUT2D eigenvalue weighted by Crippen LogP contribution is 2.45. The number of alkyl halides is 1. The second-order valence-corrected chi connectivity index (χ2v) is 10.5. The minimum Gasteiger partial charge on any atom is -0.507 e. The van der Waals surface area contributed by atoms with Gasteiger partial charge in [0.15, 0.2) is 17.4 Å². The van der Waals surface area contributed by atoms with E-state index in [2.05, 4.69) is 32.4 Å². The third-order valence-corrected chi connectivity index (χ3v) is 7.77. The highest BCUT2D eigenvalue weighted by molar-refractivity contribution is 5.73. The molecule has 3 aromatic rings. The number of ether oxygens (including phenoxy) is 2. The van der Waals surface area contributed by atoms with E-state index in [1.54, 1.807) is 24.5 Å². The summed E-state index contributed by atoms with van der Waals surface area (Å²) in [6, 6.07) is 6.74. The largest absolute Gasteiger partial charge is 0.507 e. The number of aromatic hydroxyl groups is 1. The van der Waals surface area contributed by atoms with Gasteiger partial charge in [0.1, 0.15) is 25.1 Å². The zero-order valence-electron chi connectivity index (χ0n) is 20.5. The fourth-order valence-electron chi connectivity index (χ4n) is 5.75. The summed E-state index contributed by atoms with van der Waals surface area (Å²) < 4.78 is 26.6. The molecule has 36 heavy (non-hydrogen) atoms. The number of rotatable bonds is 4. The Morgan fingerprint density at radius 3 is 2.67 bits per heavy atom. The predicted octanol–water partition coefficient (Wildman–Crippen LogP) is 3.52. The fraction of sp³-hybridized carbons (Fsp3) is 0.462. The van der Waals surface area contributed by atoms with Crippen molar-refractivity contribution in [3.05, 3.63) is 36.7 Å². The molecule has 1 aromatic carbocycles. The molecule has 2 aromatic heterocycles. The Hall–Kier alpha value is -3.53. The number of benzene rings is 1. The van der Waals surface area contributed by atoms with Crippen LogP contribution in [0.4, 0.5) is 10.2 Å². The van der Waals surface area contributed by atoms with Gasteiger partial charge in [0, 0.05) is 29.9 Å². The first-order valence-corrected chi connectivity index (χ1v) is 12.2. The van der Waals surface area contributed by atoms with Crippen LogP contribution in [-0.2, 0) is 0 Å². The van der Waals surface area contributed by atoms with E-state index in [-0.39, 0.29) is 23.2 Å². The summed E-state index contributed by atoms with van der Waals surface area (Å²) in [6.07, 6.45) is 4.68. The van der Waals surface area contributed by atoms with Gasteiger partial charge in [-0.2, -0.15) is 0 Å². The Labute approximate surface area is 208 Å². The third-order valence-electron chi connectivity index (χ3n) is 7.77. The monoisotopic (exact) mass is 492 g/mol. The van der Waals surface area contributed by atoms with Crippen LogP contribution in [0.2, 0.25) is 0 Å². The molecule has 0 unspecified atom stereocenters. The Kier molecular flexibility index (Phi) is 5.26. The predicted molar refractivity (Wildman–Crippen MR) is 132 cm³/mol. The van der Waals surface area contributed by atoms with E-state index in [1.807, 2.05) is 31.0 Å². The number of hydrogen-bond acceptors (Lipinski definition) is 9. The van der Waals surface area contributed by atoms with E-state index < -0.39 is 11.7 Å². The molecule has 0 spiro atoms. The molecule has 10 heteroatoms. The van der Waals surface area contributed by atoms with E-state index in [0.717, 1.165) is 24.0 Å². The van der Waals surface area contributed by atoms with Crippen LogP contribution in [0.25, 0.3) is 22.5 Å². The van der Waals surface area contributed by atoms with E-state index in [4.69, 9.17) is 9.47 Å². The molecule has 2 fully saturated rings. The number of halogens is 1. The quantitative estimate of drug-likeness (QED) is 0.566. The van der Waals surface area contributed by atoms with Gasteiger partial charge in [-0.25, -0.2) is 14.4 Å². The molecule has 2 bridgehead atoms. The van der Waals surface area contributed by atoms with Gasteiger partial charge in [-0.1, -0.05) is 6.07 Å². The van der Waals surface area contributed by atoms with Crippen LogP contribution in [0.1, 0.15) is 33.1 Å². The second kappa shape index (κ2) is 8.26. The van der Waals surface area contributed by atoms with Crippen molar-refractivity contribution in [2.45, 2.75) is 56.4 Å². The molecule has 5 heterocycles. The normalized spacial score (nSPS) is 28.7. The Bertz CT molecular complexity index is 1310. The Balaban J connectivity index is 1.22. The number of piperidine rings is 1. The van der Waals surface area contributed by atoms with Crippen LogP contribution in [0.15, 0.2) is 36.7 Å². The average Bonchev–Trinajstić information content (AvgIpc) is 3.17. The Morgan fingerprint density at radius 2 is 1.89 bits per heavy atom. The lowest BCUT2D eigenvalue weighted by molar-refractivity contribution is 0.0859. The van der Waals surface area contributed by atoms with Crippen LogP contribution in [0.3, 0.4) is 0 Å². The zero-order valence-corrected chi connectivity index (χ0v) is 20.5. The van der Waals surface area contributed by atoms with Crippen molar-refractivity contribution in [1.82, 2.24) is 25.5 Å². The van der Waals surface area contributed by atoms with Crippen LogP contribution in [-0.4, -0.2) is 68.8 Å². The van der Waals surface area contributed by atoms with Crippen molar-refractivity contribution < 1.29 is 19.0 Å². The first-order valence-electron chi connectivity index (χ1n) is 12.2. The molecule has 0 saturated carbocycles. The third kappa shape index (κ3) is 3.80. The molecule has 9 nitrogen and oxygen atoms in total. The minimum atomic E-state index is -1.04. The molecule has 4 atom stereocenters. The molecule has 0 aliphatic carbocycles. The van der Waals surface area contributed by atoms with E-state index in [0.29, 0.717) is 42.6 Å². The van der Waals surface area contributed by atoms with Gasteiger partial charge >= 0.3 is 0 Å². The van der Waals surface area contributed by atoms with Crippen LogP contribution >= 0.6 is 0 Å².